The molecule has 0 aromatic heterocycles. The van der Waals surface area contributed by atoms with E-state index in [4.69, 9.17) is 9.47 Å². The number of ether oxygens (including phenoxy) is 2. The fraction of sp³-hybridized carbons (Fsp3) is 0.500. The van der Waals surface area contributed by atoms with E-state index < -0.39 is 24.0 Å². The summed E-state index contributed by atoms with van der Waals surface area (Å²) in [5, 5.41) is 2.78. The van der Waals surface area contributed by atoms with Crippen molar-refractivity contribution in [1.29, 1.82) is 0 Å². The van der Waals surface area contributed by atoms with Crippen LogP contribution in [0.4, 0.5) is 0 Å². The van der Waals surface area contributed by atoms with Gasteiger partial charge in [0.25, 0.3) is 0 Å². The molecule has 0 heterocycles. The Hall–Kier alpha value is -1.62. The second-order valence-electron chi connectivity index (χ2n) is 3.45. The first-order valence-electron chi connectivity index (χ1n) is 5.34. The molecule has 0 bridgehead atoms. The lowest BCUT2D eigenvalue weighted by molar-refractivity contribution is -0.147. The van der Waals surface area contributed by atoms with Crippen LogP contribution in [0.25, 0.3) is 0 Å². The summed E-state index contributed by atoms with van der Waals surface area (Å²) in [6, 6.07) is -1.16. The van der Waals surface area contributed by atoms with Crippen molar-refractivity contribution in [2.75, 3.05) is 13.2 Å². The lowest BCUT2D eigenvalue weighted by Crippen LogP contribution is -2.45. The first-order chi connectivity index (χ1) is 8.02. The van der Waals surface area contributed by atoms with Crippen LogP contribution < -0.4 is 5.32 Å². The molecule has 2 atom stereocenters. The highest BCUT2D eigenvalue weighted by atomic mass is 16.5. The average Bonchev–Trinajstić information content (AvgIpc) is 2.32. The Morgan fingerprint density at radius 3 is 1.71 bits per heavy atom. The van der Waals surface area contributed by atoms with Crippen molar-refractivity contribution in [2.24, 2.45) is 0 Å². The average molecular weight is 241 g/mol. The molecule has 5 heteroatoms. The molecule has 0 saturated carbocycles. The first-order valence-corrected chi connectivity index (χ1v) is 5.34. The van der Waals surface area contributed by atoms with Gasteiger partial charge in [-0.25, -0.2) is 0 Å². The molecule has 5 nitrogen and oxygen atoms in total. The zero-order valence-corrected chi connectivity index (χ0v) is 10.3. The van der Waals surface area contributed by atoms with E-state index in [9.17, 15) is 9.59 Å². The molecule has 0 radical (unpaired) electrons. The fourth-order valence-electron chi connectivity index (χ4n) is 1.04. The standard InChI is InChI=1S/C12H19NO4/c1-5-7-16-11(14)9(3)13-10(4)12(15)17-8-6-2/h5-6,9-10,13H,1-2,7-8H2,3-4H3. The third-order valence-electron chi connectivity index (χ3n) is 1.89. The van der Waals surface area contributed by atoms with Crippen molar-refractivity contribution in [1.82, 2.24) is 5.32 Å². The summed E-state index contributed by atoms with van der Waals surface area (Å²) in [5.74, 6) is -0.874. The van der Waals surface area contributed by atoms with E-state index in [-0.39, 0.29) is 13.2 Å². The van der Waals surface area contributed by atoms with E-state index in [2.05, 4.69) is 18.5 Å². The topological polar surface area (TPSA) is 64.6 Å². The van der Waals surface area contributed by atoms with Gasteiger partial charge in [-0.3, -0.25) is 14.9 Å². The van der Waals surface area contributed by atoms with Crippen LogP contribution >= 0.6 is 0 Å². The van der Waals surface area contributed by atoms with Gasteiger partial charge in [0.05, 0.1) is 0 Å². The van der Waals surface area contributed by atoms with Crippen molar-refractivity contribution >= 4 is 11.9 Å². The van der Waals surface area contributed by atoms with Gasteiger partial charge >= 0.3 is 11.9 Å². The number of hydrogen-bond acceptors (Lipinski definition) is 5. The first kappa shape index (κ1) is 15.4. The summed E-state index contributed by atoms with van der Waals surface area (Å²) in [4.78, 5) is 22.7. The molecule has 17 heavy (non-hydrogen) atoms. The van der Waals surface area contributed by atoms with Gasteiger partial charge in [0.15, 0.2) is 0 Å². The second-order valence-corrected chi connectivity index (χ2v) is 3.45. The van der Waals surface area contributed by atoms with Gasteiger partial charge in [-0.15, -0.1) is 0 Å². The van der Waals surface area contributed by atoms with Gasteiger partial charge < -0.3 is 9.47 Å². The molecule has 0 spiro atoms. The molecule has 0 rings (SSSR count). The summed E-state index contributed by atoms with van der Waals surface area (Å²) in [5.41, 5.74) is 0. The van der Waals surface area contributed by atoms with Gasteiger partial charge in [-0.05, 0) is 13.8 Å². The Labute approximate surface area is 101 Å². The largest absolute Gasteiger partial charge is 0.460 e. The van der Waals surface area contributed by atoms with Crippen LogP contribution in [0.2, 0.25) is 0 Å². The second kappa shape index (κ2) is 8.52. The maximum Gasteiger partial charge on any atom is 0.323 e. The Morgan fingerprint density at radius 1 is 1.06 bits per heavy atom. The summed E-state index contributed by atoms with van der Waals surface area (Å²) in [6.07, 6.45) is 2.96. The summed E-state index contributed by atoms with van der Waals surface area (Å²) >= 11 is 0. The minimum absolute atomic E-state index is 0.153. The molecular weight excluding hydrogens is 222 g/mol. The molecule has 0 fully saturated rings. The fourth-order valence-corrected chi connectivity index (χ4v) is 1.04. The van der Waals surface area contributed by atoms with Crippen LogP contribution in [0.1, 0.15) is 13.8 Å². The monoisotopic (exact) mass is 241 g/mol. The maximum atomic E-state index is 11.4. The molecule has 96 valence electrons. The Morgan fingerprint density at radius 2 is 1.41 bits per heavy atom. The third-order valence-corrected chi connectivity index (χ3v) is 1.89. The van der Waals surface area contributed by atoms with Crippen LogP contribution in [-0.2, 0) is 19.1 Å². The van der Waals surface area contributed by atoms with Crippen molar-refractivity contribution < 1.29 is 19.1 Å². The number of nitrogens with one attached hydrogen (secondary N) is 1. The lowest BCUT2D eigenvalue weighted by atomic mass is 10.2. The predicted octanol–water partition coefficient (Wildman–Crippen LogP) is 0.811. The van der Waals surface area contributed by atoms with Gasteiger partial charge in [0.2, 0.25) is 0 Å². The van der Waals surface area contributed by atoms with Crippen LogP contribution in [0.3, 0.4) is 0 Å². The molecule has 0 aromatic carbocycles. The normalized spacial score (nSPS) is 13.3. The van der Waals surface area contributed by atoms with Gasteiger partial charge in [-0.2, -0.15) is 0 Å². The van der Waals surface area contributed by atoms with Gasteiger partial charge in [0, 0.05) is 0 Å². The van der Waals surface area contributed by atoms with Crippen molar-refractivity contribution in [3.05, 3.63) is 25.3 Å². The molecule has 0 aromatic rings. The summed E-state index contributed by atoms with van der Waals surface area (Å²) in [7, 11) is 0. The SMILES string of the molecule is C=CCOC(=O)C(C)NC(C)C(=O)OCC=C. The molecule has 0 amide bonds. The van der Waals surface area contributed by atoms with Gasteiger partial charge in [-0.1, -0.05) is 25.3 Å². The zero-order chi connectivity index (χ0) is 13.3. The van der Waals surface area contributed by atoms with E-state index in [1.54, 1.807) is 13.8 Å². The number of esters is 2. The number of hydrogen-bond donors (Lipinski definition) is 1. The van der Waals surface area contributed by atoms with Gasteiger partial charge in [0.1, 0.15) is 25.3 Å². The Bertz CT molecular complexity index is 260. The summed E-state index contributed by atoms with van der Waals surface area (Å²) in [6.45, 7) is 10.4. The minimum atomic E-state index is -0.582. The quantitative estimate of drug-likeness (QED) is 0.503. The highest BCUT2D eigenvalue weighted by molar-refractivity contribution is 5.79. The van der Waals surface area contributed by atoms with Crippen molar-refractivity contribution in [2.45, 2.75) is 25.9 Å². The number of carbonyl (C=O) groups excluding carboxylic acids is 2. The Kier molecular flexibility index (Phi) is 7.71. The predicted molar refractivity (Wildman–Crippen MR) is 64.4 cm³/mol. The van der Waals surface area contributed by atoms with E-state index in [1.807, 2.05) is 0 Å². The van der Waals surface area contributed by atoms with E-state index in [0.29, 0.717) is 0 Å². The summed E-state index contributed by atoms with van der Waals surface area (Å²) < 4.78 is 9.65. The molecule has 0 aliphatic heterocycles. The van der Waals surface area contributed by atoms with E-state index >= 15 is 0 Å². The highest BCUT2D eigenvalue weighted by Gasteiger charge is 2.21. The number of rotatable bonds is 8. The molecule has 2 unspecified atom stereocenters. The lowest BCUT2D eigenvalue weighted by Gasteiger charge is -2.17. The maximum absolute atomic E-state index is 11.4. The molecule has 0 saturated heterocycles. The van der Waals surface area contributed by atoms with Crippen LogP contribution in [-0.4, -0.2) is 37.2 Å². The molecule has 1 N–H and O–H groups in total. The minimum Gasteiger partial charge on any atom is -0.460 e. The van der Waals surface area contributed by atoms with Crippen molar-refractivity contribution in [3.63, 3.8) is 0 Å². The van der Waals surface area contributed by atoms with Crippen molar-refractivity contribution in [3.8, 4) is 0 Å². The smallest absolute Gasteiger partial charge is 0.323 e. The van der Waals surface area contributed by atoms with Crippen LogP contribution in [0, 0.1) is 0 Å². The van der Waals surface area contributed by atoms with Crippen LogP contribution in [0.15, 0.2) is 25.3 Å². The molecular formula is C12H19NO4. The van der Waals surface area contributed by atoms with E-state index in [1.165, 1.54) is 12.2 Å². The molecule has 0 aliphatic carbocycles. The Balaban J connectivity index is 4.04. The van der Waals surface area contributed by atoms with E-state index in [0.717, 1.165) is 0 Å². The van der Waals surface area contributed by atoms with Crippen LogP contribution in [0.5, 0.6) is 0 Å². The zero-order valence-electron chi connectivity index (χ0n) is 10.3. The number of carbonyl (C=O) groups is 2. The molecule has 0 aliphatic rings. The highest BCUT2D eigenvalue weighted by Crippen LogP contribution is 1.94. The third kappa shape index (κ3) is 6.52.